The van der Waals surface area contributed by atoms with E-state index in [9.17, 15) is 9.90 Å². The number of nitrogens with zero attached hydrogens (tertiary/aromatic N) is 1. The number of pyridine rings is 1. The Kier molecular flexibility index (Phi) is 21.0. The molecule has 0 aliphatic heterocycles. The van der Waals surface area contributed by atoms with Gasteiger partial charge in [-0.15, -0.1) is 40.5 Å². The van der Waals surface area contributed by atoms with Crippen LogP contribution in [-0.4, -0.2) is 23.9 Å². The third-order valence-corrected chi connectivity index (χ3v) is 23.6. The van der Waals surface area contributed by atoms with Crippen molar-refractivity contribution in [3.05, 3.63) is 160 Å². The molecular formula is C76H104IrNO2SSi-. The molecule has 0 saturated carbocycles. The molecule has 0 atom stereocenters. The van der Waals surface area contributed by atoms with Gasteiger partial charge in [-0.2, -0.15) is 0 Å². The molecule has 5 aromatic carbocycles. The molecule has 1 radical (unpaired) electrons. The molecule has 82 heavy (non-hydrogen) atoms. The minimum absolute atomic E-state index is 0. The van der Waals surface area contributed by atoms with E-state index in [1.54, 1.807) is 0 Å². The van der Waals surface area contributed by atoms with Gasteiger partial charge in [0.2, 0.25) is 0 Å². The van der Waals surface area contributed by atoms with Crippen molar-refractivity contribution < 1.29 is 30.0 Å². The van der Waals surface area contributed by atoms with Crippen molar-refractivity contribution in [3.8, 4) is 11.3 Å². The number of fused-ring (bicyclic) bond motifs is 2. The van der Waals surface area contributed by atoms with E-state index in [1.807, 2.05) is 45.2 Å². The zero-order chi connectivity index (χ0) is 60.8. The van der Waals surface area contributed by atoms with Crippen LogP contribution in [0.5, 0.6) is 0 Å². The third-order valence-electron chi connectivity index (χ3n) is 17.0. The Morgan fingerprint density at radius 2 is 0.902 bits per heavy atom. The molecule has 0 amide bonds. The summed E-state index contributed by atoms with van der Waals surface area (Å²) in [6, 6.07) is 43.2. The number of aromatic nitrogens is 1. The van der Waals surface area contributed by atoms with Crippen molar-refractivity contribution in [2.24, 2.45) is 11.8 Å². The van der Waals surface area contributed by atoms with Crippen LogP contribution >= 0.6 is 11.3 Å². The van der Waals surface area contributed by atoms with Crippen LogP contribution in [0, 0.1) is 17.9 Å². The number of rotatable bonds is 12. The number of aliphatic hydroxyl groups is 1. The van der Waals surface area contributed by atoms with E-state index < -0.39 is 8.07 Å². The van der Waals surface area contributed by atoms with Crippen LogP contribution in [-0.2, 0) is 62.8 Å². The van der Waals surface area contributed by atoms with Crippen molar-refractivity contribution in [1.29, 1.82) is 0 Å². The summed E-state index contributed by atoms with van der Waals surface area (Å²) in [6.45, 7) is 58.1. The standard InChI is InChI=1S/C63H80NSSi.C13H24O2.Ir/c1-57(2,3)43-31-44(58(4,5)6)35-49(34-43)66(50-36-45(59(7,8)9)32-46(37-50)60(10,11)12,51-38-47(61(13,14)15)33-48(39-51)62(16,17)18)54-30-41-26-27-64-55(56(41)65-54)42-28-40-24-22-23-25-52(40)53(29-42)63(19,20)21;1-5-10(6-2)12(14)9-13(15)11(7-3)8-4;/h22-27,29-39H,1-21H3;9-11,14H,5-8H2,1-4H3;/q-1;;/b;12-9-;. The first-order chi connectivity index (χ1) is 37.2. The number of benzene rings is 5. The summed E-state index contributed by atoms with van der Waals surface area (Å²) in [5.41, 5.74) is 11.2. The van der Waals surface area contributed by atoms with Crippen LogP contribution in [0.15, 0.2) is 115 Å². The second-order valence-electron chi connectivity index (χ2n) is 30.7. The molecule has 2 heterocycles. The summed E-state index contributed by atoms with van der Waals surface area (Å²) in [7, 11) is -3.27. The maximum atomic E-state index is 11.7. The summed E-state index contributed by atoms with van der Waals surface area (Å²) in [4.78, 5) is 17.0. The number of hydrogen-bond donors (Lipinski definition) is 1. The SMILES string of the molecule is CC(C)(C)c1cc(C(C)(C)C)cc([Si](c2cc(C(C)(C)C)cc(C(C)(C)C)c2)(c2cc(C(C)(C)C)cc(C(C)(C)C)c2)c2cc3ccnc(-c4[c-]c5ccccc5c(C(C)(C)C)c4)c3s2)c1.CCC(CC)C(=O)/C=C(\O)C(CC)CC.[Ir]. The van der Waals surface area contributed by atoms with Crippen LogP contribution in [0.2, 0.25) is 0 Å². The Hall–Kier alpha value is -4.45. The summed E-state index contributed by atoms with van der Waals surface area (Å²) < 4.78 is 2.66. The van der Waals surface area contributed by atoms with Crippen molar-refractivity contribution in [2.45, 2.75) is 237 Å². The normalized spacial score (nSPS) is 13.4. The first-order valence-electron chi connectivity index (χ1n) is 30.5. The predicted octanol–water partition coefficient (Wildman–Crippen LogP) is 19.2. The zero-order valence-corrected chi connectivity index (χ0v) is 59.6. The van der Waals surface area contributed by atoms with Gasteiger partial charge in [-0.25, -0.2) is 0 Å². The Morgan fingerprint density at radius 3 is 1.26 bits per heavy atom. The molecule has 2 aromatic heterocycles. The molecule has 6 heteroatoms. The molecule has 7 aromatic rings. The minimum Gasteiger partial charge on any atom is -0.512 e. The van der Waals surface area contributed by atoms with E-state index in [0.717, 1.165) is 42.3 Å². The second-order valence-corrected chi connectivity index (χ2v) is 35.9. The van der Waals surface area contributed by atoms with Crippen LogP contribution in [0.4, 0.5) is 0 Å². The summed E-state index contributed by atoms with van der Waals surface area (Å²) in [6.07, 6.45) is 6.94. The summed E-state index contributed by atoms with van der Waals surface area (Å²) in [5.74, 6) is 0.547. The summed E-state index contributed by atoms with van der Waals surface area (Å²) >= 11 is 1.99. The largest absolute Gasteiger partial charge is 0.512 e. The Bertz CT molecular complexity index is 3110. The number of carbonyl (C=O) groups is 1. The van der Waals surface area contributed by atoms with Crippen LogP contribution < -0.4 is 20.1 Å². The van der Waals surface area contributed by atoms with Gasteiger partial charge in [0.1, 0.15) is 0 Å². The number of aliphatic hydroxyl groups excluding tert-OH is 1. The van der Waals surface area contributed by atoms with E-state index in [1.165, 1.54) is 80.6 Å². The van der Waals surface area contributed by atoms with Gasteiger partial charge in [0, 0.05) is 59.1 Å². The zero-order valence-electron chi connectivity index (χ0n) is 55.4. The molecular weight excluding hydrogens is 1210 g/mol. The first-order valence-corrected chi connectivity index (χ1v) is 33.3. The maximum Gasteiger partial charge on any atom is 0.191 e. The quantitative estimate of drug-likeness (QED) is 0.0436. The fraction of sp³-hybridized carbons (Fsp3) is 0.500. The van der Waals surface area contributed by atoms with Gasteiger partial charge < -0.3 is 5.11 Å². The molecule has 0 bridgehead atoms. The van der Waals surface area contributed by atoms with Gasteiger partial charge >= 0.3 is 0 Å². The number of hydrogen-bond acceptors (Lipinski definition) is 4. The molecule has 0 saturated heterocycles. The number of allylic oxidation sites excluding steroid dienone is 2. The molecule has 7 rings (SSSR count). The molecule has 0 spiro atoms. The van der Waals surface area contributed by atoms with Crippen LogP contribution in [0.1, 0.15) is 238 Å². The first kappa shape index (κ1) is 68.3. The van der Waals surface area contributed by atoms with Crippen molar-refractivity contribution >= 4 is 66.1 Å². The van der Waals surface area contributed by atoms with Gasteiger partial charge in [0.05, 0.1) is 5.76 Å². The van der Waals surface area contributed by atoms with Crippen molar-refractivity contribution in [1.82, 2.24) is 4.98 Å². The molecule has 3 nitrogen and oxygen atoms in total. The third kappa shape index (κ3) is 15.1. The minimum atomic E-state index is -3.27. The fourth-order valence-electron chi connectivity index (χ4n) is 11.2. The Morgan fingerprint density at radius 1 is 0.524 bits per heavy atom. The van der Waals surface area contributed by atoms with Gasteiger partial charge in [-0.3, -0.25) is 9.78 Å². The topological polar surface area (TPSA) is 50.2 Å². The van der Waals surface area contributed by atoms with Crippen molar-refractivity contribution in [2.75, 3.05) is 0 Å². The molecule has 0 fully saturated rings. The van der Waals surface area contributed by atoms with E-state index >= 15 is 0 Å². The second kappa shape index (κ2) is 25.2. The molecule has 1 N–H and O–H groups in total. The average Bonchev–Trinajstić information content (AvgIpc) is 3.97. The molecule has 445 valence electrons. The van der Waals surface area contributed by atoms with E-state index in [0.29, 0.717) is 0 Å². The molecule has 0 aliphatic carbocycles. The summed E-state index contributed by atoms with van der Waals surface area (Å²) in [5, 5.41) is 17.7. The fourth-order valence-corrected chi connectivity index (χ4v) is 18.5. The van der Waals surface area contributed by atoms with E-state index in [4.69, 9.17) is 4.98 Å². The van der Waals surface area contributed by atoms with E-state index in [-0.39, 0.29) is 81.4 Å². The monoisotopic (exact) mass is 1320 g/mol. The van der Waals surface area contributed by atoms with Gasteiger partial charge in [0.25, 0.3) is 0 Å². The van der Waals surface area contributed by atoms with Crippen LogP contribution in [0.25, 0.3) is 32.1 Å². The molecule has 0 aliphatic rings. The van der Waals surface area contributed by atoms with Gasteiger partial charge in [-0.05, 0) is 130 Å². The Labute approximate surface area is 517 Å². The number of ketones is 1. The average molecular weight is 1320 g/mol. The molecule has 0 unspecified atom stereocenters. The van der Waals surface area contributed by atoms with Crippen LogP contribution in [0.3, 0.4) is 0 Å². The van der Waals surface area contributed by atoms with Crippen molar-refractivity contribution in [3.63, 3.8) is 0 Å². The van der Waals surface area contributed by atoms with E-state index in [2.05, 4.69) is 249 Å². The predicted molar refractivity (Wildman–Crippen MR) is 360 cm³/mol. The maximum absolute atomic E-state index is 11.7. The number of thiophene rings is 1. The van der Waals surface area contributed by atoms with Gasteiger partial charge in [0.15, 0.2) is 13.9 Å². The Balaban J connectivity index is 0.000000675. The van der Waals surface area contributed by atoms with Gasteiger partial charge in [-0.1, -0.05) is 257 Å². The number of carbonyl (C=O) groups excluding carboxylic acids is 1. The smallest absolute Gasteiger partial charge is 0.191 e.